The summed E-state index contributed by atoms with van der Waals surface area (Å²) in [6.45, 7) is 6.09. The molecule has 5 rings (SSSR count). The molecular formula is C24H32N6O5. The van der Waals surface area contributed by atoms with Crippen LogP contribution >= 0.6 is 0 Å². The van der Waals surface area contributed by atoms with Crippen molar-refractivity contribution in [1.82, 2.24) is 30.5 Å². The first-order valence-corrected chi connectivity index (χ1v) is 12.2. The molecule has 2 aromatic rings. The number of carbonyl (C=O) groups is 3. The number of likely N-dealkylation sites (tertiary alicyclic amines) is 1. The molecule has 11 heteroatoms. The molecule has 4 heterocycles. The molecule has 11 nitrogen and oxygen atoms in total. The van der Waals surface area contributed by atoms with E-state index in [9.17, 15) is 19.5 Å². The Morgan fingerprint density at radius 1 is 1.26 bits per heavy atom. The van der Waals surface area contributed by atoms with Crippen LogP contribution in [0.1, 0.15) is 33.6 Å². The third-order valence-electron chi connectivity index (χ3n) is 8.06. The molecular weight excluding hydrogens is 452 g/mol. The van der Waals surface area contributed by atoms with E-state index in [-0.39, 0.29) is 37.6 Å². The van der Waals surface area contributed by atoms with Gasteiger partial charge < -0.3 is 25.4 Å². The molecule has 0 aliphatic carbocycles. The number of benzene rings is 1. The molecule has 1 aromatic carbocycles. The Bertz CT molecular complexity index is 1170. The van der Waals surface area contributed by atoms with Crippen LogP contribution in [0.4, 0.5) is 0 Å². The smallest absolute Gasteiger partial charge is 0.247 e. The molecule has 6 atom stereocenters. The molecule has 0 radical (unpaired) electrons. The number of fused-ring (bicyclic) bond motifs is 2. The number of aliphatic hydroxyl groups excluding tert-OH is 1. The van der Waals surface area contributed by atoms with Gasteiger partial charge in [-0.25, -0.2) is 4.68 Å². The van der Waals surface area contributed by atoms with Crippen LogP contribution in [0.3, 0.4) is 0 Å². The van der Waals surface area contributed by atoms with Gasteiger partial charge in [0, 0.05) is 13.1 Å². The fourth-order valence-electron chi connectivity index (χ4n) is 6.43. The second-order valence-corrected chi connectivity index (χ2v) is 10.0. The quantitative estimate of drug-likeness (QED) is 0.481. The van der Waals surface area contributed by atoms with Crippen LogP contribution < -0.4 is 10.6 Å². The van der Waals surface area contributed by atoms with Gasteiger partial charge in [-0.15, -0.1) is 5.10 Å². The van der Waals surface area contributed by atoms with Crippen LogP contribution in [0.25, 0.3) is 11.0 Å². The van der Waals surface area contributed by atoms with Crippen molar-refractivity contribution in [3.05, 3.63) is 24.3 Å². The maximum Gasteiger partial charge on any atom is 0.247 e. The van der Waals surface area contributed by atoms with Gasteiger partial charge in [0.2, 0.25) is 17.7 Å². The largest absolute Gasteiger partial charge is 0.395 e. The average Bonchev–Trinajstić information content (AvgIpc) is 3.50. The summed E-state index contributed by atoms with van der Waals surface area (Å²) >= 11 is 0. The van der Waals surface area contributed by atoms with E-state index in [1.807, 2.05) is 45.0 Å². The minimum atomic E-state index is -1.14. The second-order valence-electron chi connectivity index (χ2n) is 10.0. The minimum Gasteiger partial charge on any atom is -0.395 e. The molecule has 3 saturated heterocycles. The lowest BCUT2D eigenvalue weighted by Crippen LogP contribution is -2.56. The third kappa shape index (κ3) is 3.35. The summed E-state index contributed by atoms with van der Waals surface area (Å²) in [5.41, 5.74) is -0.517. The summed E-state index contributed by atoms with van der Waals surface area (Å²) in [6, 6.07) is 6.45. The van der Waals surface area contributed by atoms with Crippen molar-refractivity contribution in [3.63, 3.8) is 0 Å². The van der Waals surface area contributed by atoms with Crippen molar-refractivity contribution in [2.24, 2.45) is 17.8 Å². The number of aliphatic hydroxyl groups is 1. The number of amides is 3. The summed E-state index contributed by atoms with van der Waals surface area (Å²) in [4.78, 5) is 42.0. The van der Waals surface area contributed by atoms with E-state index < -0.39 is 35.0 Å². The number of rotatable bonds is 8. The van der Waals surface area contributed by atoms with Crippen molar-refractivity contribution < 1.29 is 24.2 Å². The first-order valence-electron chi connectivity index (χ1n) is 12.2. The molecule has 3 fully saturated rings. The Morgan fingerprint density at radius 3 is 2.77 bits per heavy atom. The van der Waals surface area contributed by atoms with Crippen molar-refractivity contribution in [2.75, 3.05) is 19.7 Å². The number of nitrogens with zero attached hydrogens (tertiary/aromatic N) is 4. The molecule has 3 N–H and O–H groups in total. The van der Waals surface area contributed by atoms with E-state index in [0.29, 0.717) is 18.5 Å². The monoisotopic (exact) mass is 484 g/mol. The van der Waals surface area contributed by atoms with Gasteiger partial charge in [0.15, 0.2) is 0 Å². The van der Waals surface area contributed by atoms with Gasteiger partial charge in [0.05, 0.1) is 29.6 Å². The molecule has 3 amide bonds. The Labute approximate surface area is 203 Å². The first kappa shape index (κ1) is 23.7. The molecule has 3 aliphatic heterocycles. The molecule has 0 saturated carbocycles. The van der Waals surface area contributed by atoms with Gasteiger partial charge in [-0.1, -0.05) is 31.2 Å². The molecule has 1 spiro atoms. The van der Waals surface area contributed by atoms with E-state index in [2.05, 4.69) is 20.9 Å². The van der Waals surface area contributed by atoms with E-state index in [4.69, 9.17) is 4.74 Å². The number of β-amino-alcohol motifs (C(OH)–C–C–N with tert-alkyl or cyclic N) is 1. The predicted molar refractivity (Wildman–Crippen MR) is 125 cm³/mol. The van der Waals surface area contributed by atoms with Gasteiger partial charge in [-0.2, -0.15) is 0 Å². The third-order valence-corrected chi connectivity index (χ3v) is 8.06. The van der Waals surface area contributed by atoms with Crippen LogP contribution in [-0.4, -0.2) is 79.7 Å². The lowest BCUT2D eigenvalue weighted by molar-refractivity contribution is -0.148. The standard InChI is InChI=1S/C24H32N6O5/c1-4-9-25-20(32)17-18-22(34)29(10-11-31)19(24(18)12-14(2)23(17,3)35-24)21(33)26-13-30-16-8-6-5-7-15(16)27-28-30/h5-8,14,17-19,31H,4,9-13H2,1-3H3,(H,25,32)(H,26,33)/t14?,17-,18+,19?,23+,24?/m1/s1. The van der Waals surface area contributed by atoms with Crippen molar-refractivity contribution in [3.8, 4) is 0 Å². The lowest BCUT2D eigenvalue weighted by Gasteiger charge is -2.36. The normalized spacial score (nSPS) is 33.4. The number of hydrogen-bond donors (Lipinski definition) is 3. The van der Waals surface area contributed by atoms with E-state index in [1.165, 1.54) is 4.90 Å². The Kier molecular flexibility index (Phi) is 5.79. The van der Waals surface area contributed by atoms with Crippen LogP contribution in [0.2, 0.25) is 0 Å². The highest BCUT2D eigenvalue weighted by molar-refractivity contribution is 5.99. The summed E-state index contributed by atoms with van der Waals surface area (Å²) in [5, 5.41) is 23.7. The summed E-state index contributed by atoms with van der Waals surface area (Å²) in [6.07, 6.45) is 1.25. The Balaban J connectivity index is 1.46. The predicted octanol–water partition coefficient (Wildman–Crippen LogP) is 0.0342. The number of para-hydroxylation sites is 1. The van der Waals surface area contributed by atoms with Gasteiger partial charge in [-0.3, -0.25) is 14.4 Å². The topological polar surface area (TPSA) is 139 Å². The fraction of sp³-hybridized carbons (Fsp3) is 0.625. The molecule has 3 unspecified atom stereocenters. The number of nitrogens with one attached hydrogen (secondary N) is 2. The molecule has 2 bridgehead atoms. The summed E-state index contributed by atoms with van der Waals surface area (Å²) < 4.78 is 8.16. The first-order chi connectivity index (χ1) is 16.8. The van der Waals surface area contributed by atoms with Crippen LogP contribution in [0.5, 0.6) is 0 Å². The van der Waals surface area contributed by atoms with E-state index >= 15 is 0 Å². The maximum absolute atomic E-state index is 13.7. The van der Waals surface area contributed by atoms with Crippen molar-refractivity contribution in [1.29, 1.82) is 0 Å². The highest BCUT2D eigenvalue weighted by atomic mass is 16.5. The number of hydrogen-bond acceptors (Lipinski definition) is 7. The summed E-state index contributed by atoms with van der Waals surface area (Å²) in [7, 11) is 0. The van der Waals surface area contributed by atoms with Crippen LogP contribution in [-0.2, 0) is 25.8 Å². The van der Waals surface area contributed by atoms with E-state index in [0.717, 1.165) is 11.9 Å². The molecule has 1 aromatic heterocycles. The fourth-order valence-corrected chi connectivity index (χ4v) is 6.43. The van der Waals surface area contributed by atoms with Crippen molar-refractivity contribution in [2.45, 2.75) is 57.5 Å². The van der Waals surface area contributed by atoms with Crippen LogP contribution in [0, 0.1) is 17.8 Å². The zero-order valence-corrected chi connectivity index (χ0v) is 20.2. The molecule has 35 heavy (non-hydrogen) atoms. The number of carbonyl (C=O) groups excluding carboxylic acids is 3. The lowest BCUT2D eigenvalue weighted by atomic mass is 9.62. The molecule has 188 valence electrons. The molecule has 3 aliphatic rings. The maximum atomic E-state index is 13.7. The van der Waals surface area contributed by atoms with Crippen molar-refractivity contribution >= 4 is 28.8 Å². The Hall–Kier alpha value is -3.05. The van der Waals surface area contributed by atoms with Crippen LogP contribution in [0.15, 0.2) is 24.3 Å². The zero-order valence-electron chi connectivity index (χ0n) is 20.2. The zero-order chi connectivity index (χ0) is 25.0. The highest BCUT2D eigenvalue weighted by Gasteiger charge is 2.79. The van der Waals surface area contributed by atoms with Gasteiger partial charge in [-0.05, 0) is 37.8 Å². The SMILES string of the molecule is CCCNC(=O)[C@H]1[C@H]2C(=O)N(CCO)C(C(=O)NCn3nnc4ccccc43)C23CC(C)[C@]1(C)O3. The van der Waals surface area contributed by atoms with Gasteiger partial charge in [0.25, 0.3) is 0 Å². The second kappa shape index (κ2) is 8.56. The Morgan fingerprint density at radius 2 is 2.03 bits per heavy atom. The average molecular weight is 485 g/mol. The van der Waals surface area contributed by atoms with Gasteiger partial charge in [0.1, 0.15) is 23.8 Å². The number of ether oxygens (including phenoxy) is 1. The van der Waals surface area contributed by atoms with Gasteiger partial charge >= 0.3 is 0 Å². The summed E-state index contributed by atoms with van der Waals surface area (Å²) in [5.74, 6) is -2.47. The van der Waals surface area contributed by atoms with E-state index in [1.54, 1.807) is 4.68 Å². The highest BCUT2D eigenvalue weighted by Crippen LogP contribution is 2.65. The minimum absolute atomic E-state index is 0.0147. The number of aromatic nitrogens is 3.